The van der Waals surface area contributed by atoms with Crippen LogP contribution in [-0.2, 0) is 9.31 Å². The Morgan fingerprint density at radius 3 is 2.11 bits per heavy atom. The number of hydrogen-bond acceptors (Lipinski definition) is 3. The molecule has 1 rings (SSSR count). The van der Waals surface area contributed by atoms with Crippen molar-refractivity contribution in [3.8, 4) is 6.07 Å². The fourth-order valence-corrected chi connectivity index (χ4v) is 1.45. The minimum Gasteiger partial charge on any atom is -0.398 e. The van der Waals surface area contributed by atoms with Crippen LogP contribution >= 0.6 is 0 Å². The highest BCUT2D eigenvalue weighted by Gasteiger charge is 2.53. The Balaban J connectivity index is 2.75. The first-order chi connectivity index (χ1) is 8.01. The maximum atomic E-state index is 14.0. The third-order valence-electron chi connectivity index (χ3n) is 3.59. The van der Waals surface area contributed by atoms with Gasteiger partial charge in [0.05, 0.1) is 22.7 Å². The van der Waals surface area contributed by atoms with Crippen molar-refractivity contribution in [3.05, 3.63) is 11.8 Å². The SMILES string of the molecule is CC(C)(C#N)CC=C(F)B1OC(C)(C)C(C)(C)O1. The molecule has 0 saturated carbocycles. The molecule has 0 radical (unpaired) electrons. The lowest BCUT2D eigenvalue weighted by Gasteiger charge is -2.32. The predicted octanol–water partition coefficient (Wildman–Crippen LogP) is 3.41. The van der Waals surface area contributed by atoms with Gasteiger partial charge in [0.25, 0.3) is 0 Å². The average Bonchev–Trinajstić information content (AvgIpc) is 2.45. The number of rotatable bonds is 3. The van der Waals surface area contributed by atoms with E-state index in [-0.39, 0.29) is 0 Å². The lowest BCUT2D eigenvalue weighted by atomic mass is 9.84. The van der Waals surface area contributed by atoms with Crippen molar-refractivity contribution in [2.75, 3.05) is 0 Å². The highest BCUT2D eigenvalue weighted by Crippen LogP contribution is 2.39. The number of hydrogen-bond donors (Lipinski definition) is 0. The van der Waals surface area contributed by atoms with Crippen LogP contribution in [0.4, 0.5) is 4.39 Å². The molecule has 0 spiro atoms. The summed E-state index contributed by atoms with van der Waals surface area (Å²) in [6, 6.07) is 2.13. The highest BCUT2D eigenvalue weighted by atomic mass is 19.1. The Hall–Kier alpha value is -0.855. The summed E-state index contributed by atoms with van der Waals surface area (Å²) >= 11 is 0. The quantitative estimate of drug-likeness (QED) is 0.724. The monoisotopic (exact) mass is 253 g/mol. The van der Waals surface area contributed by atoms with E-state index in [1.807, 2.05) is 27.7 Å². The molecule has 1 aliphatic rings. The lowest BCUT2D eigenvalue weighted by molar-refractivity contribution is 0.00578. The molecule has 1 saturated heterocycles. The van der Waals surface area contributed by atoms with Crippen LogP contribution in [0.25, 0.3) is 0 Å². The number of nitriles is 1. The summed E-state index contributed by atoms with van der Waals surface area (Å²) in [5.74, 6) is 0. The summed E-state index contributed by atoms with van der Waals surface area (Å²) in [5, 5.41) is 8.87. The maximum absolute atomic E-state index is 14.0. The van der Waals surface area contributed by atoms with Gasteiger partial charge in [0, 0.05) is 0 Å². The molecule has 18 heavy (non-hydrogen) atoms. The Bertz CT molecular complexity index is 380. The minimum atomic E-state index is -0.968. The molecule has 1 fully saturated rings. The van der Waals surface area contributed by atoms with Gasteiger partial charge in [-0.2, -0.15) is 5.26 Å². The topological polar surface area (TPSA) is 42.2 Å². The van der Waals surface area contributed by atoms with Crippen LogP contribution in [0.15, 0.2) is 11.8 Å². The second kappa shape index (κ2) is 4.67. The summed E-state index contributed by atoms with van der Waals surface area (Å²) in [4.78, 5) is 0. The van der Waals surface area contributed by atoms with Gasteiger partial charge in [-0.1, -0.05) is 6.08 Å². The molecule has 0 unspecified atom stereocenters. The van der Waals surface area contributed by atoms with Crippen molar-refractivity contribution in [1.82, 2.24) is 0 Å². The van der Waals surface area contributed by atoms with Gasteiger partial charge < -0.3 is 9.31 Å². The van der Waals surface area contributed by atoms with Crippen LogP contribution < -0.4 is 0 Å². The van der Waals surface area contributed by atoms with E-state index in [0.29, 0.717) is 6.42 Å². The smallest absolute Gasteiger partial charge is 0.398 e. The van der Waals surface area contributed by atoms with E-state index in [1.165, 1.54) is 6.08 Å². The van der Waals surface area contributed by atoms with Gasteiger partial charge in [-0.05, 0) is 48.0 Å². The molecule has 0 aromatic carbocycles. The number of nitrogens with zero attached hydrogens (tertiary/aromatic N) is 1. The molecule has 3 nitrogen and oxygen atoms in total. The van der Waals surface area contributed by atoms with Gasteiger partial charge in [-0.25, -0.2) is 4.39 Å². The van der Waals surface area contributed by atoms with Crippen molar-refractivity contribution in [2.24, 2.45) is 5.41 Å². The van der Waals surface area contributed by atoms with Crippen molar-refractivity contribution in [1.29, 1.82) is 5.26 Å². The molecule has 0 aromatic rings. The van der Waals surface area contributed by atoms with Gasteiger partial charge in [0.1, 0.15) is 5.73 Å². The number of allylic oxidation sites excluding steroid dienone is 1. The molecule has 0 N–H and O–H groups in total. The molecule has 0 bridgehead atoms. The Morgan fingerprint density at radius 2 is 1.72 bits per heavy atom. The van der Waals surface area contributed by atoms with Gasteiger partial charge in [-0.15, -0.1) is 0 Å². The van der Waals surface area contributed by atoms with E-state index in [2.05, 4.69) is 6.07 Å². The van der Waals surface area contributed by atoms with Gasteiger partial charge in [0.2, 0.25) is 0 Å². The van der Waals surface area contributed by atoms with Crippen molar-refractivity contribution >= 4 is 7.12 Å². The van der Waals surface area contributed by atoms with Crippen molar-refractivity contribution in [3.63, 3.8) is 0 Å². The highest BCUT2D eigenvalue weighted by molar-refractivity contribution is 6.53. The second-order valence-electron chi connectivity index (χ2n) is 6.38. The molecule has 0 aliphatic carbocycles. The van der Waals surface area contributed by atoms with E-state index < -0.39 is 29.5 Å². The predicted molar refractivity (Wildman–Crippen MR) is 69.3 cm³/mol. The first-order valence-electron chi connectivity index (χ1n) is 6.13. The van der Waals surface area contributed by atoms with Gasteiger partial charge >= 0.3 is 7.12 Å². The molecule has 1 aliphatic heterocycles. The summed E-state index contributed by atoms with van der Waals surface area (Å²) < 4.78 is 25.1. The molecule has 0 aromatic heterocycles. The fraction of sp³-hybridized carbons (Fsp3) is 0.769. The number of halogens is 1. The van der Waals surface area contributed by atoms with E-state index in [9.17, 15) is 4.39 Å². The van der Waals surface area contributed by atoms with Crippen LogP contribution in [0.5, 0.6) is 0 Å². The van der Waals surface area contributed by atoms with E-state index >= 15 is 0 Å². The lowest BCUT2D eigenvalue weighted by Crippen LogP contribution is -2.41. The Morgan fingerprint density at radius 1 is 1.28 bits per heavy atom. The third kappa shape index (κ3) is 3.12. The first-order valence-corrected chi connectivity index (χ1v) is 6.13. The van der Waals surface area contributed by atoms with Crippen LogP contribution in [0.3, 0.4) is 0 Å². The molecule has 0 amide bonds. The summed E-state index contributed by atoms with van der Waals surface area (Å²) in [5.41, 5.74) is -2.14. The zero-order valence-corrected chi connectivity index (χ0v) is 12.0. The normalized spacial score (nSPS) is 23.0. The maximum Gasteiger partial charge on any atom is 0.524 e. The second-order valence-corrected chi connectivity index (χ2v) is 6.38. The minimum absolute atomic E-state index is 0.333. The van der Waals surface area contributed by atoms with Gasteiger partial charge in [-0.3, -0.25) is 0 Å². The third-order valence-corrected chi connectivity index (χ3v) is 3.59. The van der Waals surface area contributed by atoms with Crippen LogP contribution in [-0.4, -0.2) is 18.3 Å². The van der Waals surface area contributed by atoms with Gasteiger partial charge in [0.15, 0.2) is 0 Å². The van der Waals surface area contributed by atoms with E-state index in [0.717, 1.165) is 0 Å². The zero-order valence-electron chi connectivity index (χ0n) is 12.0. The molecule has 5 heteroatoms. The van der Waals surface area contributed by atoms with E-state index in [4.69, 9.17) is 14.6 Å². The van der Waals surface area contributed by atoms with E-state index in [1.54, 1.807) is 13.8 Å². The van der Waals surface area contributed by atoms with Crippen molar-refractivity contribution < 1.29 is 13.7 Å². The largest absolute Gasteiger partial charge is 0.524 e. The standard InChI is InChI=1S/C13H21BFNO2/c1-11(2,9-16)8-7-10(15)14-17-12(3,4)13(5,6)18-14/h7H,8H2,1-6H3. The molecular weight excluding hydrogens is 232 g/mol. The first kappa shape index (κ1) is 15.2. The van der Waals surface area contributed by atoms with Crippen LogP contribution in [0.2, 0.25) is 0 Å². The molecule has 100 valence electrons. The average molecular weight is 253 g/mol. The zero-order chi connectivity index (χ0) is 14.2. The molecule has 1 heterocycles. The summed E-state index contributed by atoms with van der Waals surface area (Å²) in [7, 11) is -0.968. The fourth-order valence-electron chi connectivity index (χ4n) is 1.45. The summed E-state index contributed by atoms with van der Waals surface area (Å²) in [6.45, 7) is 11.0. The Kier molecular flexibility index (Phi) is 3.95. The van der Waals surface area contributed by atoms with Crippen LogP contribution in [0, 0.1) is 16.7 Å². The van der Waals surface area contributed by atoms with Crippen LogP contribution in [0.1, 0.15) is 48.0 Å². The molecule has 0 atom stereocenters. The summed E-state index contributed by atoms with van der Waals surface area (Å²) in [6.07, 6.45) is 1.71. The Labute approximate surface area is 109 Å². The van der Waals surface area contributed by atoms with Crippen molar-refractivity contribution in [2.45, 2.75) is 59.2 Å². The molecular formula is C13H21BFNO2.